The predicted molar refractivity (Wildman–Crippen MR) is 193 cm³/mol. The zero-order chi connectivity index (χ0) is 34.9. The van der Waals surface area contributed by atoms with Crippen LogP contribution in [0.25, 0.3) is 11.1 Å². The highest BCUT2D eigenvalue weighted by Crippen LogP contribution is 2.74. The van der Waals surface area contributed by atoms with Crippen LogP contribution in [0.5, 0.6) is 0 Å². The molecule has 6 nitrogen and oxygen atoms in total. The van der Waals surface area contributed by atoms with E-state index in [0.29, 0.717) is 11.1 Å². The van der Waals surface area contributed by atoms with Crippen molar-refractivity contribution < 1.29 is 23.9 Å². The summed E-state index contributed by atoms with van der Waals surface area (Å²) in [6, 6.07) is 39.3. The molecule has 5 aromatic rings. The summed E-state index contributed by atoms with van der Waals surface area (Å²) in [4.78, 5) is 60.3. The van der Waals surface area contributed by atoms with Gasteiger partial charge in [-0.25, -0.2) is 9.69 Å². The molecular weight excluding hydrogens is 646 g/mol. The Balaban J connectivity index is 1.52. The van der Waals surface area contributed by atoms with Crippen LogP contribution in [0.3, 0.4) is 0 Å². The molecule has 2 amide bonds. The van der Waals surface area contributed by atoms with Crippen LogP contribution in [-0.4, -0.2) is 30.7 Å². The fourth-order valence-corrected chi connectivity index (χ4v) is 8.93. The number of ether oxygens (including phenoxy) is 1. The number of carbonyl (C=O) groups is 4. The first-order chi connectivity index (χ1) is 24.2. The number of methoxy groups -OCH3 is 1. The minimum absolute atomic E-state index is 0.0257. The number of imide groups is 1. The van der Waals surface area contributed by atoms with Crippen LogP contribution in [0.15, 0.2) is 127 Å². The number of anilines is 1. The summed E-state index contributed by atoms with van der Waals surface area (Å²) < 4.78 is 4.95. The molecule has 0 spiro atoms. The van der Waals surface area contributed by atoms with Crippen molar-refractivity contribution in [2.24, 2.45) is 11.8 Å². The van der Waals surface area contributed by atoms with Crippen LogP contribution >= 0.6 is 11.6 Å². The summed E-state index contributed by atoms with van der Waals surface area (Å²) in [6.45, 7) is 4.01. The molecule has 1 saturated carbocycles. The SMILES string of the molecule is COC(=O)c1cc(N2C(=O)C3C(C2=O)C2(c4ccccc4)C(=O)C3(c3ccccc3)C(c3ccc(C)cc3)=C2c2ccc(C)cc2)ccc1Cl. The molecular formula is C43H32ClNO5. The molecule has 7 heteroatoms. The molecule has 0 radical (unpaired) electrons. The first kappa shape index (κ1) is 31.7. The maximum Gasteiger partial charge on any atom is 0.339 e. The number of allylic oxidation sites excluding steroid dienone is 2. The van der Waals surface area contributed by atoms with Gasteiger partial charge in [0.1, 0.15) is 0 Å². The number of hydrogen-bond donors (Lipinski definition) is 0. The third-order valence-electron chi connectivity index (χ3n) is 10.7. The third-order valence-corrected chi connectivity index (χ3v) is 11.1. The Hall–Kier alpha value is -5.59. The molecule has 4 atom stereocenters. The number of Topliss-reactive ketones (excluding diaryl/α,β-unsaturated/α-hetero) is 1. The first-order valence-corrected chi connectivity index (χ1v) is 16.9. The van der Waals surface area contributed by atoms with Gasteiger partial charge in [0.2, 0.25) is 11.8 Å². The molecule has 0 aromatic heterocycles. The van der Waals surface area contributed by atoms with E-state index in [0.717, 1.165) is 38.3 Å². The van der Waals surface area contributed by atoms with E-state index in [1.807, 2.05) is 123 Å². The number of hydrogen-bond acceptors (Lipinski definition) is 5. The Bertz CT molecular complexity index is 2140. The lowest BCUT2D eigenvalue weighted by Crippen LogP contribution is -2.45. The van der Waals surface area contributed by atoms with Gasteiger partial charge in [0.25, 0.3) is 0 Å². The van der Waals surface area contributed by atoms with Gasteiger partial charge in [0.15, 0.2) is 5.78 Å². The maximum atomic E-state index is 16.0. The normalized spacial score (nSPS) is 23.8. The number of carbonyl (C=O) groups excluding carboxylic acids is 4. The van der Waals surface area contributed by atoms with Crippen molar-refractivity contribution in [3.05, 3.63) is 171 Å². The average Bonchev–Trinajstić information content (AvgIpc) is 3.65. The van der Waals surface area contributed by atoms with E-state index >= 15 is 14.4 Å². The van der Waals surface area contributed by atoms with E-state index in [4.69, 9.17) is 16.3 Å². The Morgan fingerprint density at radius 1 is 0.640 bits per heavy atom. The Morgan fingerprint density at radius 2 is 1.08 bits per heavy atom. The number of ketones is 1. The highest BCUT2D eigenvalue weighted by atomic mass is 35.5. The van der Waals surface area contributed by atoms with Crippen LogP contribution in [0.4, 0.5) is 5.69 Å². The lowest BCUT2D eigenvalue weighted by Gasteiger charge is -2.39. The van der Waals surface area contributed by atoms with Gasteiger partial charge in [-0.1, -0.05) is 132 Å². The van der Waals surface area contributed by atoms with E-state index in [-0.39, 0.29) is 22.1 Å². The standard InChI is InChI=1S/C43H32ClNO5/c1-25-14-18-27(19-15-25)34-35(28-20-16-26(2)17-21-28)43(30-12-8-5-9-13-30)37-36(42(34,41(43)49)29-10-6-4-7-11-29)38(46)45(39(37)47)31-22-23-33(44)32(24-31)40(48)50-3/h4-24,36-37H,1-3H3. The van der Waals surface area contributed by atoms with E-state index in [1.165, 1.54) is 19.2 Å². The molecule has 1 aliphatic heterocycles. The van der Waals surface area contributed by atoms with Crippen molar-refractivity contribution in [1.29, 1.82) is 0 Å². The summed E-state index contributed by atoms with van der Waals surface area (Å²) in [5, 5.41) is 0.127. The number of benzene rings is 5. The molecule has 1 saturated heterocycles. The molecule has 246 valence electrons. The van der Waals surface area contributed by atoms with E-state index in [9.17, 15) is 4.79 Å². The van der Waals surface area contributed by atoms with Gasteiger partial charge in [0, 0.05) is 0 Å². The number of rotatable bonds is 6. The smallest absolute Gasteiger partial charge is 0.339 e. The lowest BCUT2D eigenvalue weighted by atomic mass is 9.59. The molecule has 2 bridgehead atoms. The number of aryl methyl sites for hydroxylation is 2. The van der Waals surface area contributed by atoms with Gasteiger partial charge >= 0.3 is 5.97 Å². The van der Waals surface area contributed by atoms with Crippen molar-refractivity contribution in [3.8, 4) is 0 Å². The Labute approximate surface area is 295 Å². The molecule has 0 N–H and O–H groups in total. The average molecular weight is 678 g/mol. The molecule has 2 aliphatic carbocycles. The van der Waals surface area contributed by atoms with Crippen LogP contribution in [-0.2, 0) is 30.0 Å². The van der Waals surface area contributed by atoms with Gasteiger partial charge < -0.3 is 4.74 Å². The number of halogens is 1. The second kappa shape index (κ2) is 11.5. The van der Waals surface area contributed by atoms with Crippen LogP contribution < -0.4 is 4.90 Å². The van der Waals surface area contributed by atoms with Crippen molar-refractivity contribution in [2.45, 2.75) is 24.7 Å². The van der Waals surface area contributed by atoms with Gasteiger partial charge in [-0.05, 0) is 65.4 Å². The van der Waals surface area contributed by atoms with Crippen molar-refractivity contribution in [1.82, 2.24) is 0 Å². The third kappa shape index (κ3) is 4.09. The summed E-state index contributed by atoms with van der Waals surface area (Å²) in [5.74, 6) is -4.10. The lowest BCUT2D eigenvalue weighted by molar-refractivity contribution is -0.130. The fraction of sp³-hybridized carbons (Fsp3) is 0.163. The number of amides is 2. The van der Waals surface area contributed by atoms with Gasteiger partial charge in [-0.2, -0.15) is 0 Å². The topological polar surface area (TPSA) is 80.8 Å². The first-order valence-electron chi connectivity index (χ1n) is 16.5. The number of fused-ring (bicyclic) bond motifs is 5. The molecule has 2 fully saturated rings. The quantitative estimate of drug-likeness (QED) is 0.135. The molecule has 3 aliphatic rings. The molecule has 5 aromatic carbocycles. The van der Waals surface area contributed by atoms with E-state index in [2.05, 4.69) is 0 Å². The Morgan fingerprint density at radius 3 is 1.50 bits per heavy atom. The van der Waals surface area contributed by atoms with Crippen molar-refractivity contribution in [3.63, 3.8) is 0 Å². The zero-order valence-electron chi connectivity index (χ0n) is 27.6. The largest absolute Gasteiger partial charge is 0.465 e. The van der Waals surface area contributed by atoms with Gasteiger partial charge in [-0.15, -0.1) is 0 Å². The van der Waals surface area contributed by atoms with E-state index in [1.54, 1.807) is 6.07 Å². The molecule has 4 unspecified atom stereocenters. The second-order valence-corrected chi connectivity index (χ2v) is 13.7. The van der Waals surface area contributed by atoms with Crippen LogP contribution in [0, 0.1) is 25.7 Å². The molecule has 50 heavy (non-hydrogen) atoms. The summed E-state index contributed by atoms with van der Waals surface area (Å²) in [5.41, 5.74) is 3.58. The zero-order valence-corrected chi connectivity index (χ0v) is 28.4. The number of esters is 1. The minimum atomic E-state index is -1.53. The van der Waals surface area contributed by atoms with Crippen molar-refractivity contribution >= 4 is 52.0 Å². The maximum absolute atomic E-state index is 16.0. The van der Waals surface area contributed by atoms with E-state index < -0.39 is 40.4 Å². The fourth-order valence-electron chi connectivity index (χ4n) is 8.74. The predicted octanol–water partition coefficient (Wildman–Crippen LogP) is 7.93. The summed E-state index contributed by atoms with van der Waals surface area (Å²) >= 11 is 6.38. The number of nitrogens with zero attached hydrogens (tertiary/aromatic N) is 1. The van der Waals surface area contributed by atoms with Crippen LogP contribution in [0.2, 0.25) is 5.02 Å². The monoisotopic (exact) mass is 677 g/mol. The highest BCUT2D eigenvalue weighted by molar-refractivity contribution is 6.39. The second-order valence-electron chi connectivity index (χ2n) is 13.3. The highest BCUT2D eigenvalue weighted by Gasteiger charge is 2.82. The van der Waals surface area contributed by atoms with Crippen LogP contribution in [0.1, 0.15) is 43.7 Å². The van der Waals surface area contributed by atoms with Gasteiger partial charge in [0.05, 0.1) is 46.0 Å². The Kier molecular flexibility index (Phi) is 7.28. The summed E-state index contributed by atoms with van der Waals surface area (Å²) in [7, 11) is 1.24. The minimum Gasteiger partial charge on any atom is -0.465 e. The molecule has 8 rings (SSSR count). The molecule has 1 heterocycles. The summed E-state index contributed by atoms with van der Waals surface area (Å²) in [6.07, 6.45) is 0. The van der Waals surface area contributed by atoms with Crippen molar-refractivity contribution in [2.75, 3.05) is 12.0 Å². The van der Waals surface area contributed by atoms with Gasteiger partial charge in [-0.3, -0.25) is 14.4 Å².